The maximum absolute atomic E-state index is 11.6. The maximum Gasteiger partial charge on any atom is 0.224 e. The van der Waals surface area contributed by atoms with E-state index in [1.54, 1.807) is 4.90 Å². The molecule has 0 aliphatic carbocycles. The van der Waals surface area contributed by atoms with E-state index in [9.17, 15) is 4.79 Å². The lowest BCUT2D eigenvalue weighted by Crippen LogP contribution is -2.31. The minimum atomic E-state index is 0.0810. The van der Waals surface area contributed by atoms with E-state index < -0.39 is 0 Å². The summed E-state index contributed by atoms with van der Waals surface area (Å²) in [7, 11) is 4.00. The van der Waals surface area contributed by atoms with Gasteiger partial charge in [0.05, 0.1) is 0 Å². The largest absolute Gasteiger partial charge is 0.381 e. The SMILES string of the molecule is CC(C)C(=O)N(C)CCCOCCCN(C)C(C)C. The van der Waals surface area contributed by atoms with Crippen LogP contribution in [0.15, 0.2) is 0 Å². The van der Waals surface area contributed by atoms with E-state index in [2.05, 4.69) is 25.8 Å². The van der Waals surface area contributed by atoms with E-state index in [4.69, 9.17) is 4.74 Å². The van der Waals surface area contributed by atoms with E-state index in [0.717, 1.165) is 39.1 Å². The van der Waals surface area contributed by atoms with Crippen LogP contribution in [-0.4, -0.2) is 62.1 Å². The summed E-state index contributed by atoms with van der Waals surface area (Å²) in [4.78, 5) is 15.7. The third kappa shape index (κ3) is 9.00. The van der Waals surface area contributed by atoms with Gasteiger partial charge in [-0.2, -0.15) is 0 Å². The van der Waals surface area contributed by atoms with Crippen LogP contribution in [0.3, 0.4) is 0 Å². The molecule has 0 aromatic heterocycles. The summed E-state index contributed by atoms with van der Waals surface area (Å²) >= 11 is 0. The highest BCUT2D eigenvalue weighted by Gasteiger charge is 2.11. The van der Waals surface area contributed by atoms with Gasteiger partial charge in [0.2, 0.25) is 5.91 Å². The van der Waals surface area contributed by atoms with Crippen molar-refractivity contribution in [2.45, 2.75) is 46.6 Å². The Hall–Kier alpha value is -0.610. The van der Waals surface area contributed by atoms with Crippen LogP contribution < -0.4 is 0 Å². The lowest BCUT2D eigenvalue weighted by molar-refractivity contribution is -0.133. The number of hydrogen-bond acceptors (Lipinski definition) is 3. The summed E-state index contributed by atoms with van der Waals surface area (Å²) in [6.07, 6.45) is 1.98. The second-order valence-corrected chi connectivity index (χ2v) is 5.81. The Bertz CT molecular complexity index is 242. The van der Waals surface area contributed by atoms with Crippen molar-refractivity contribution < 1.29 is 9.53 Å². The van der Waals surface area contributed by atoms with Crippen molar-refractivity contribution >= 4 is 5.91 Å². The molecular formula is C15H32N2O2. The van der Waals surface area contributed by atoms with Gasteiger partial charge in [0.15, 0.2) is 0 Å². The van der Waals surface area contributed by atoms with Gasteiger partial charge in [0.25, 0.3) is 0 Å². The van der Waals surface area contributed by atoms with Crippen LogP contribution in [0.5, 0.6) is 0 Å². The van der Waals surface area contributed by atoms with Gasteiger partial charge in [-0.15, -0.1) is 0 Å². The van der Waals surface area contributed by atoms with Gasteiger partial charge in [-0.25, -0.2) is 0 Å². The summed E-state index contributed by atoms with van der Waals surface area (Å²) < 4.78 is 5.59. The van der Waals surface area contributed by atoms with Crippen LogP contribution in [-0.2, 0) is 9.53 Å². The predicted octanol–water partition coefficient (Wildman–Crippen LogP) is 2.24. The zero-order valence-corrected chi connectivity index (χ0v) is 13.6. The molecule has 0 bridgehead atoms. The summed E-state index contributed by atoms with van der Waals surface area (Å²) in [5, 5.41) is 0. The molecule has 4 nitrogen and oxygen atoms in total. The van der Waals surface area contributed by atoms with E-state index in [1.807, 2.05) is 20.9 Å². The number of carbonyl (C=O) groups excluding carboxylic acids is 1. The van der Waals surface area contributed by atoms with Gasteiger partial charge in [-0.05, 0) is 33.7 Å². The number of ether oxygens (including phenoxy) is 1. The first-order valence-corrected chi connectivity index (χ1v) is 7.39. The Morgan fingerprint density at radius 1 is 1.00 bits per heavy atom. The molecule has 0 aromatic carbocycles. The lowest BCUT2D eigenvalue weighted by atomic mass is 10.2. The standard InChI is InChI=1S/C15H32N2O2/c1-13(2)15(18)17(6)10-8-12-19-11-7-9-16(5)14(3)4/h13-14H,7-12H2,1-6H3. The van der Waals surface area contributed by atoms with Crippen molar-refractivity contribution in [3.8, 4) is 0 Å². The molecule has 0 unspecified atom stereocenters. The quantitative estimate of drug-likeness (QED) is 0.572. The Morgan fingerprint density at radius 3 is 2.00 bits per heavy atom. The molecule has 0 fully saturated rings. The highest BCUT2D eigenvalue weighted by atomic mass is 16.5. The van der Waals surface area contributed by atoms with E-state index in [0.29, 0.717) is 6.04 Å². The third-order valence-electron chi connectivity index (χ3n) is 3.33. The smallest absolute Gasteiger partial charge is 0.224 e. The normalized spacial score (nSPS) is 11.6. The monoisotopic (exact) mass is 272 g/mol. The molecular weight excluding hydrogens is 240 g/mol. The second-order valence-electron chi connectivity index (χ2n) is 5.81. The summed E-state index contributed by atoms with van der Waals surface area (Å²) in [5.41, 5.74) is 0. The Labute approximate surface area is 119 Å². The molecule has 4 heteroatoms. The number of nitrogens with zero attached hydrogens (tertiary/aromatic N) is 2. The zero-order chi connectivity index (χ0) is 14.8. The molecule has 0 N–H and O–H groups in total. The molecule has 0 aromatic rings. The molecule has 0 spiro atoms. The van der Waals surface area contributed by atoms with Gasteiger partial charge in [0.1, 0.15) is 0 Å². The van der Waals surface area contributed by atoms with E-state index in [-0.39, 0.29) is 11.8 Å². The molecule has 0 rings (SSSR count). The highest BCUT2D eigenvalue weighted by molar-refractivity contribution is 5.77. The summed E-state index contributed by atoms with van der Waals surface area (Å²) in [6.45, 7) is 11.7. The molecule has 114 valence electrons. The van der Waals surface area contributed by atoms with Gasteiger partial charge >= 0.3 is 0 Å². The van der Waals surface area contributed by atoms with Crippen molar-refractivity contribution in [2.24, 2.45) is 5.92 Å². The fourth-order valence-corrected chi connectivity index (χ4v) is 1.73. The van der Waals surface area contributed by atoms with Crippen molar-refractivity contribution in [3.05, 3.63) is 0 Å². The molecule has 0 saturated heterocycles. The number of amides is 1. The van der Waals surface area contributed by atoms with Crippen LogP contribution in [0.1, 0.15) is 40.5 Å². The van der Waals surface area contributed by atoms with Crippen LogP contribution in [0.2, 0.25) is 0 Å². The second kappa shape index (κ2) is 10.2. The third-order valence-corrected chi connectivity index (χ3v) is 3.33. The van der Waals surface area contributed by atoms with Crippen molar-refractivity contribution in [3.63, 3.8) is 0 Å². The fraction of sp³-hybridized carbons (Fsp3) is 0.933. The number of hydrogen-bond donors (Lipinski definition) is 0. The van der Waals surface area contributed by atoms with Gasteiger partial charge < -0.3 is 14.5 Å². The van der Waals surface area contributed by atoms with Gasteiger partial charge in [0, 0.05) is 45.3 Å². The first-order chi connectivity index (χ1) is 8.86. The number of rotatable bonds is 10. The molecule has 0 saturated carbocycles. The molecule has 19 heavy (non-hydrogen) atoms. The van der Waals surface area contributed by atoms with Crippen molar-refractivity contribution in [1.29, 1.82) is 0 Å². The maximum atomic E-state index is 11.6. The fourth-order valence-electron chi connectivity index (χ4n) is 1.73. The topological polar surface area (TPSA) is 32.8 Å². The molecule has 0 aliphatic rings. The average Bonchev–Trinajstić information content (AvgIpc) is 2.35. The molecule has 0 radical (unpaired) electrons. The molecule has 1 amide bonds. The Balaban J connectivity index is 3.43. The van der Waals surface area contributed by atoms with Gasteiger partial charge in [-0.3, -0.25) is 4.79 Å². The highest BCUT2D eigenvalue weighted by Crippen LogP contribution is 2.00. The van der Waals surface area contributed by atoms with Crippen LogP contribution >= 0.6 is 0 Å². The number of carbonyl (C=O) groups is 1. The Kier molecular flexibility index (Phi) is 9.88. The Morgan fingerprint density at radius 2 is 1.53 bits per heavy atom. The molecule has 0 aliphatic heterocycles. The lowest BCUT2D eigenvalue weighted by Gasteiger charge is -2.21. The predicted molar refractivity (Wildman–Crippen MR) is 80.3 cm³/mol. The van der Waals surface area contributed by atoms with Gasteiger partial charge in [-0.1, -0.05) is 13.8 Å². The van der Waals surface area contributed by atoms with E-state index >= 15 is 0 Å². The van der Waals surface area contributed by atoms with Crippen LogP contribution in [0, 0.1) is 5.92 Å². The van der Waals surface area contributed by atoms with Crippen molar-refractivity contribution in [2.75, 3.05) is 40.4 Å². The molecule has 0 atom stereocenters. The minimum Gasteiger partial charge on any atom is -0.381 e. The van der Waals surface area contributed by atoms with Crippen LogP contribution in [0.25, 0.3) is 0 Å². The summed E-state index contributed by atoms with van der Waals surface area (Å²) in [5.74, 6) is 0.288. The first kappa shape index (κ1) is 18.4. The molecule has 0 heterocycles. The van der Waals surface area contributed by atoms with Crippen molar-refractivity contribution in [1.82, 2.24) is 9.80 Å². The average molecular weight is 272 g/mol. The zero-order valence-electron chi connectivity index (χ0n) is 13.6. The minimum absolute atomic E-state index is 0.0810. The van der Waals surface area contributed by atoms with E-state index in [1.165, 1.54) is 0 Å². The summed E-state index contributed by atoms with van der Waals surface area (Å²) in [6, 6.07) is 0.593. The first-order valence-electron chi connectivity index (χ1n) is 7.39. The van der Waals surface area contributed by atoms with Crippen LogP contribution in [0.4, 0.5) is 0 Å².